The molecule has 1 saturated carbocycles. The lowest BCUT2D eigenvalue weighted by molar-refractivity contribution is -0.00409. The number of rotatable bonds is 8. The smallest absolute Gasteiger partial charge is 0.270 e. The van der Waals surface area contributed by atoms with Gasteiger partial charge in [-0.25, -0.2) is 9.67 Å². The second kappa shape index (κ2) is 9.49. The van der Waals surface area contributed by atoms with Crippen molar-refractivity contribution >= 4 is 5.91 Å². The van der Waals surface area contributed by atoms with Crippen LogP contribution in [0.4, 0.5) is 0 Å². The highest BCUT2D eigenvalue weighted by atomic mass is 16.5. The van der Waals surface area contributed by atoms with Crippen molar-refractivity contribution in [2.24, 2.45) is 14.1 Å². The molecule has 1 aliphatic rings. The first-order valence-electron chi connectivity index (χ1n) is 10.7. The summed E-state index contributed by atoms with van der Waals surface area (Å²) in [7, 11) is 5.49. The Morgan fingerprint density at radius 3 is 2.58 bits per heavy atom. The normalized spacial score (nSPS) is 18.9. The minimum absolute atomic E-state index is 0. The van der Waals surface area contributed by atoms with Gasteiger partial charge in [0, 0.05) is 52.8 Å². The average Bonchev–Trinajstić information content (AvgIpc) is 3.20. The monoisotopic (exact) mass is 428 g/mol. The van der Waals surface area contributed by atoms with Gasteiger partial charge in [-0.1, -0.05) is 0 Å². The van der Waals surface area contributed by atoms with Gasteiger partial charge >= 0.3 is 0 Å². The molecule has 9 heteroatoms. The lowest BCUT2D eigenvalue weighted by Crippen LogP contribution is -2.39. The molecule has 0 radical (unpaired) electrons. The van der Waals surface area contributed by atoms with Crippen LogP contribution in [-0.4, -0.2) is 62.5 Å². The molecule has 3 heterocycles. The topological polar surface area (TPSA) is 88.1 Å². The maximum absolute atomic E-state index is 13.1. The van der Waals surface area contributed by atoms with E-state index in [1.54, 1.807) is 18.0 Å². The summed E-state index contributed by atoms with van der Waals surface area (Å²) >= 11 is 0. The second-order valence-corrected chi connectivity index (χ2v) is 8.03. The summed E-state index contributed by atoms with van der Waals surface area (Å²) in [6.07, 6.45) is 11.5. The van der Waals surface area contributed by atoms with E-state index in [1.165, 1.54) is 0 Å². The number of carbonyl (C=O) groups excluding carboxylic acids is 1. The first-order chi connectivity index (χ1) is 15.0. The Hall–Kier alpha value is -2.91. The molecule has 0 aliphatic heterocycles. The van der Waals surface area contributed by atoms with E-state index in [1.807, 2.05) is 54.2 Å². The summed E-state index contributed by atoms with van der Waals surface area (Å²) in [5.74, 6) is 0.551. The molecule has 0 atom stereocenters. The maximum Gasteiger partial charge on any atom is 0.270 e. The minimum Gasteiger partial charge on any atom is -0.382 e. The Bertz CT molecular complexity index is 1020. The highest BCUT2D eigenvalue weighted by molar-refractivity contribution is 5.94. The Kier molecular flexibility index (Phi) is 6.53. The molecule has 1 N–H and O–H groups in total. The number of pyridine rings is 1. The van der Waals surface area contributed by atoms with Gasteiger partial charge in [0.25, 0.3) is 5.91 Å². The van der Waals surface area contributed by atoms with Crippen LogP contribution in [0.25, 0.3) is 16.9 Å². The molecule has 4 rings (SSSR count). The van der Waals surface area contributed by atoms with E-state index in [0.29, 0.717) is 24.7 Å². The van der Waals surface area contributed by atoms with E-state index in [2.05, 4.69) is 15.4 Å². The van der Waals surface area contributed by atoms with Gasteiger partial charge in [0.15, 0.2) is 5.82 Å². The predicted molar refractivity (Wildman–Crippen MR) is 118 cm³/mol. The van der Waals surface area contributed by atoms with Crippen LogP contribution in [0.3, 0.4) is 0 Å². The molecule has 1 fully saturated rings. The van der Waals surface area contributed by atoms with Crippen LogP contribution in [0.1, 0.15) is 37.6 Å². The summed E-state index contributed by atoms with van der Waals surface area (Å²) in [6, 6.07) is 3.93. The molecule has 9 nitrogen and oxygen atoms in total. The van der Waals surface area contributed by atoms with Crippen molar-refractivity contribution in [1.82, 2.24) is 29.4 Å². The number of amides is 1. The summed E-state index contributed by atoms with van der Waals surface area (Å²) in [4.78, 5) is 17.7. The van der Waals surface area contributed by atoms with E-state index in [4.69, 9.17) is 9.47 Å². The zero-order valence-corrected chi connectivity index (χ0v) is 18.3. The van der Waals surface area contributed by atoms with Crippen LogP contribution in [-0.2, 0) is 23.6 Å². The van der Waals surface area contributed by atoms with E-state index in [-0.39, 0.29) is 19.5 Å². The average molecular weight is 429 g/mol. The van der Waals surface area contributed by atoms with Gasteiger partial charge in [0.1, 0.15) is 5.69 Å². The van der Waals surface area contributed by atoms with Crippen LogP contribution in [0.15, 0.2) is 36.9 Å². The number of aryl methyl sites for hydroxylation is 2. The van der Waals surface area contributed by atoms with Crippen LogP contribution in [0, 0.1) is 0 Å². The van der Waals surface area contributed by atoms with Gasteiger partial charge in [-0.2, -0.15) is 5.10 Å². The first-order valence-corrected chi connectivity index (χ1v) is 10.7. The fraction of sp³-hybridized carbons (Fsp3) is 0.500. The van der Waals surface area contributed by atoms with Gasteiger partial charge in [-0.15, -0.1) is 0 Å². The van der Waals surface area contributed by atoms with Crippen LogP contribution in [0.5, 0.6) is 0 Å². The molecule has 0 spiro atoms. The number of hydrogen-bond acceptors (Lipinski definition) is 5. The Morgan fingerprint density at radius 1 is 1.16 bits per heavy atom. The maximum atomic E-state index is 13.1. The van der Waals surface area contributed by atoms with Crippen LogP contribution >= 0.6 is 0 Å². The highest BCUT2D eigenvalue weighted by Crippen LogP contribution is 2.24. The molecule has 3 aromatic rings. The van der Waals surface area contributed by atoms with Crippen LogP contribution < -0.4 is 5.32 Å². The molecule has 1 aliphatic carbocycles. The van der Waals surface area contributed by atoms with Crippen molar-refractivity contribution in [3.05, 3.63) is 42.6 Å². The zero-order valence-electron chi connectivity index (χ0n) is 18.3. The van der Waals surface area contributed by atoms with E-state index in [9.17, 15) is 4.79 Å². The predicted octanol–water partition coefficient (Wildman–Crippen LogP) is 2.56. The van der Waals surface area contributed by atoms with Gasteiger partial charge in [0.05, 0.1) is 25.5 Å². The zero-order chi connectivity index (χ0) is 21.8. The number of ether oxygens (including phenoxy) is 2. The largest absolute Gasteiger partial charge is 0.382 e. The van der Waals surface area contributed by atoms with E-state index < -0.39 is 0 Å². The quantitative estimate of drug-likeness (QED) is 0.557. The van der Waals surface area contributed by atoms with E-state index in [0.717, 1.165) is 36.8 Å². The second-order valence-electron chi connectivity index (χ2n) is 8.03. The number of methoxy groups -OCH3 is 1. The molecule has 0 unspecified atom stereocenters. The van der Waals surface area contributed by atoms with E-state index >= 15 is 0 Å². The van der Waals surface area contributed by atoms with Gasteiger partial charge in [0.2, 0.25) is 0 Å². The lowest BCUT2D eigenvalue weighted by atomic mass is 9.93. The summed E-state index contributed by atoms with van der Waals surface area (Å²) in [5, 5.41) is 7.42. The van der Waals surface area contributed by atoms with Gasteiger partial charge in [-0.05, 0) is 43.4 Å². The third-order valence-corrected chi connectivity index (χ3v) is 5.73. The molecule has 0 aromatic carbocycles. The number of nitrogens with one attached hydrogen (secondary N) is 1. The summed E-state index contributed by atoms with van der Waals surface area (Å²) in [6.45, 7) is 1.23. The molecule has 31 heavy (non-hydrogen) atoms. The fourth-order valence-electron chi connectivity index (χ4n) is 3.92. The highest BCUT2D eigenvalue weighted by Gasteiger charge is 2.24. The summed E-state index contributed by atoms with van der Waals surface area (Å²) < 4.78 is 16.4. The van der Waals surface area contributed by atoms with Gasteiger partial charge < -0.3 is 14.8 Å². The molecule has 1 amide bonds. The van der Waals surface area contributed by atoms with Crippen molar-refractivity contribution in [2.75, 3.05) is 20.3 Å². The van der Waals surface area contributed by atoms with Crippen molar-refractivity contribution in [3.63, 3.8) is 0 Å². The number of aromatic nitrogens is 5. The fourth-order valence-corrected chi connectivity index (χ4v) is 3.92. The third kappa shape index (κ3) is 5.05. The molecular formula is C22H32N6O3. The first kappa shape index (κ1) is 21.3. The third-order valence-electron chi connectivity index (χ3n) is 5.73. The van der Waals surface area contributed by atoms with Crippen molar-refractivity contribution in [3.8, 4) is 16.9 Å². The standard InChI is InChI=1S/C22H30N6O3.H2/c1-26-15-17(14-23-26)16-12-20(25-21(13-16)28-9-8-27(28)2)22(29)24-18-4-6-19(7-5-18)31-11-10-30-3;/h8-9,12-15,18-19H,4-7,10-11H2,1-3H3,(H,24,29);1H. The minimum atomic E-state index is -0.150. The van der Waals surface area contributed by atoms with Crippen molar-refractivity contribution in [2.45, 2.75) is 37.8 Å². The number of hydrogen-bond donors (Lipinski definition) is 1. The molecule has 0 bridgehead atoms. The Morgan fingerprint density at radius 2 is 1.97 bits per heavy atom. The van der Waals surface area contributed by atoms with Gasteiger partial charge in [-0.3, -0.25) is 14.2 Å². The SMILES string of the molecule is COCCOC1CCC(NC(=O)c2cc(-c3cnn(C)c3)cc(-n3ccn3C)n2)CC1.[HH]. The van der Waals surface area contributed by atoms with Crippen molar-refractivity contribution < 1.29 is 15.7 Å². The van der Waals surface area contributed by atoms with Crippen LogP contribution in [0.2, 0.25) is 0 Å². The molecule has 3 aromatic heterocycles. The lowest BCUT2D eigenvalue weighted by Gasteiger charge is -2.29. The molecule has 0 saturated heterocycles. The molecular weight excluding hydrogens is 396 g/mol. The Balaban J connectivity index is 0.00000289. The number of carbonyl (C=O) groups is 1. The summed E-state index contributed by atoms with van der Waals surface area (Å²) in [5.41, 5.74) is 2.26. The molecule has 168 valence electrons. The number of nitrogens with zero attached hydrogens (tertiary/aromatic N) is 5. The van der Waals surface area contributed by atoms with Crippen molar-refractivity contribution in [1.29, 1.82) is 0 Å². The Labute approximate surface area is 183 Å².